The number of ether oxygens (including phenoxy) is 1. The quantitative estimate of drug-likeness (QED) is 0.392. The zero-order valence-electron chi connectivity index (χ0n) is 14.8. The molecule has 0 N–H and O–H groups in total. The summed E-state index contributed by atoms with van der Waals surface area (Å²) in [6.45, 7) is 2.18. The summed E-state index contributed by atoms with van der Waals surface area (Å²) in [5.41, 5.74) is 2.03. The van der Waals surface area contributed by atoms with Crippen molar-refractivity contribution in [2.45, 2.75) is 24.5 Å². The average Bonchev–Trinajstić information content (AvgIpc) is 3.36. The van der Waals surface area contributed by atoms with Crippen LogP contribution in [0.3, 0.4) is 0 Å². The number of aryl methyl sites for hydroxylation is 1. The molecule has 142 valence electrons. The molecule has 4 aromatic rings. The summed E-state index contributed by atoms with van der Waals surface area (Å²) >= 11 is 7.17. The van der Waals surface area contributed by atoms with Crippen LogP contribution < -0.4 is 4.74 Å². The number of rotatable bonds is 7. The van der Waals surface area contributed by atoms with Crippen molar-refractivity contribution in [3.63, 3.8) is 0 Å². The van der Waals surface area contributed by atoms with E-state index in [-0.39, 0.29) is 6.61 Å². The molecule has 0 amide bonds. The Bertz CT molecular complexity index is 1060. The van der Waals surface area contributed by atoms with E-state index >= 15 is 0 Å². The highest BCUT2D eigenvalue weighted by Crippen LogP contribution is 2.24. The lowest BCUT2D eigenvalue weighted by molar-refractivity contribution is 0.252. The summed E-state index contributed by atoms with van der Waals surface area (Å²) < 4.78 is 16.5. The van der Waals surface area contributed by atoms with E-state index in [0.717, 1.165) is 11.1 Å². The number of benzene rings is 2. The first-order valence-electron chi connectivity index (χ1n) is 8.39. The summed E-state index contributed by atoms with van der Waals surface area (Å²) in [5, 5.41) is 13.1. The van der Waals surface area contributed by atoms with Crippen molar-refractivity contribution >= 4 is 23.4 Å². The lowest BCUT2D eigenvalue weighted by Crippen LogP contribution is -1.95. The van der Waals surface area contributed by atoms with E-state index in [2.05, 4.69) is 20.3 Å². The molecule has 0 aliphatic carbocycles. The van der Waals surface area contributed by atoms with Crippen molar-refractivity contribution in [1.29, 1.82) is 0 Å². The molecule has 28 heavy (non-hydrogen) atoms. The van der Waals surface area contributed by atoms with Crippen molar-refractivity contribution in [2.75, 3.05) is 0 Å². The van der Waals surface area contributed by atoms with Crippen molar-refractivity contribution in [3.05, 3.63) is 70.9 Å². The number of nitrogens with zero attached hydrogens (tertiary/aromatic N) is 4. The van der Waals surface area contributed by atoms with Crippen molar-refractivity contribution < 1.29 is 13.7 Å². The largest absolute Gasteiger partial charge is 0.484 e. The van der Waals surface area contributed by atoms with Crippen LogP contribution in [-0.4, -0.2) is 20.3 Å². The van der Waals surface area contributed by atoms with Gasteiger partial charge in [0.15, 0.2) is 6.61 Å². The summed E-state index contributed by atoms with van der Waals surface area (Å²) in [4.78, 5) is 4.42. The minimum absolute atomic E-state index is 0.174. The fourth-order valence-electron chi connectivity index (χ4n) is 2.40. The molecule has 4 rings (SSSR count). The summed E-state index contributed by atoms with van der Waals surface area (Å²) in [6, 6.07) is 14.9. The third-order valence-electron chi connectivity index (χ3n) is 3.80. The molecular formula is C19H15ClN4O3S. The average molecular weight is 415 g/mol. The van der Waals surface area contributed by atoms with Gasteiger partial charge in [-0.05, 0) is 36.8 Å². The number of thioether (sulfide) groups is 1. The maximum atomic E-state index is 5.85. The third-order valence-corrected chi connectivity index (χ3v) is 4.85. The predicted octanol–water partition coefficient (Wildman–Crippen LogP) is 4.95. The van der Waals surface area contributed by atoms with E-state index in [1.165, 1.54) is 11.8 Å². The standard InChI is InChI=1S/C19H15ClN4O3S/c1-12-4-2-3-5-15(12)18-21-17(27-24-18)11-28-19-23-22-16(26-19)10-25-14-8-6-13(20)7-9-14/h2-9H,10-11H2,1H3. The Kier molecular flexibility index (Phi) is 5.59. The molecule has 0 atom stereocenters. The van der Waals surface area contributed by atoms with Crippen molar-refractivity contribution in [3.8, 4) is 17.1 Å². The maximum absolute atomic E-state index is 5.85. The normalized spacial score (nSPS) is 10.9. The number of halogens is 1. The monoisotopic (exact) mass is 414 g/mol. The van der Waals surface area contributed by atoms with Crippen LogP contribution in [0.4, 0.5) is 0 Å². The fraction of sp³-hybridized carbons (Fsp3) is 0.158. The zero-order chi connectivity index (χ0) is 19.3. The highest BCUT2D eigenvalue weighted by Gasteiger charge is 2.13. The van der Waals surface area contributed by atoms with Gasteiger partial charge < -0.3 is 13.7 Å². The minimum atomic E-state index is 0.174. The van der Waals surface area contributed by atoms with E-state index in [1.54, 1.807) is 24.3 Å². The second-order valence-corrected chi connectivity index (χ2v) is 7.18. The van der Waals surface area contributed by atoms with Gasteiger partial charge in [-0.1, -0.05) is 52.8 Å². The second kappa shape index (κ2) is 8.45. The molecule has 0 bridgehead atoms. The fourth-order valence-corrected chi connectivity index (χ4v) is 3.14. The van der Waals surface area contributed by atoms with Crippen molar-refractivity contribution in [2.24, 2.45) is 0 Å². The van der Waals surface area contributed by atoms with Gasteiger partial charge in [0.25, 0.3) is 11.1 Å². The maximum Gasteiger partial charge on any atom is 0.277 e. The first kappa shape index (κ1) is 18.5. The number of hydrogen-bond donors (Lipinski definition) is 0. The number of aromatic nitrogens is 4. The molecule has 2 aromatic carbocycles. The lowest BCUT2D eigenvalue weighted by atomic mass is 10.1. The van der Waals surface area contributed by atoms with Gasteiger partial charge in [-0.15, -0.1) is 10.2 Å². The third kappa shape index (κ3) is 4.52. The molecule has 0 unspecified atom stereocenters. The number of hydrogen-bond acceptors (Lipinski definition) is 8. The van der Waals surface area contributed by atoms with E-state index < -0.39 is 0 Å². The van der Waals surface area contributed by atoms with E-state index in [9.17, 15) is 0 Å². The zero-order valence-corrected chi connectivity index (χ0v) is 16.4. The smallest absolute Gasteiger partial charge is 0.277 e. The first-order valence-corrected chi connectivity index (χ1v) is 9.76. The van der Waals surface area contributed by atoms with Gasteiger partial charge in [-0.3, -0.25) is 0 Å². The van der Waals surface area contributed by atoms with Gasteiger partial charge in [-0.25, -0.2) is 0 Å². The lowest BCUT2D eigenvalue weighted by Gasteiger charge is -2.02. The molecule has 0 saturated carbocycles. The Hall–Kier alpha value is -2.84. The molecule has 0 spiro atoms. The molecule has 2 heterocycles. The summed E-state index contributed by atoms with van der Waals surface area (Å²) in [7, 11) is 0. The van der Waals surface area contributed by atoms with E-state index in [1.807, 2.05) is 31.2 Å². The summed E-state index contributed by atoms with van der Waals surface area (Å²) in [5.74, 6) is 2.53. The second-order valence-electron chi connectivity index (χ2n) is 5.82. The SMILES string of the molecule is Cc1ccccc1-c1noc(CSc2nnc(COc3ccc(Cl)cc3)o2)n1. The molecule has 9 heteroatoms. The van der Waals surface area contributed by atoms with Crippen LogP contribution in [0.25, 0.3) is 11.4 Å². The van der Waals surface area contributed by atoms with Gasteiger partial charge in [0.1, 0.15) is 5.75 Å². The van der Waals surface area contributed by atoms with Crippen LogP contribution >= 0.6 is 23.4 Å². The van der Waals surface area contributed by atoms with Crippen LogP contribution in [0.5, 0.6) is 5.75 Å². The Balaban J connectivity index is 1.32. The molecule has 0 aliphatic rings. The predicted molar refractivity (Wildman–Crippen MR) is 104 cm³/mol. The Morgan fingerprint density at radius 1 is 1.04 bits per heavy atom. The summed E-state index contributed by atoms with van der Waals surface area (Å²) in [6.07, 6.45) is 0. The molecule has 7 nitrogen and oxygen atoms in total. The van der Waals surface area contributed by atoms with Crippen LogP contribution in [-0.2, 0) is 12.4 Å². The van der Waals surface area contributed by atoms with Crippen LogP contribution in [0.2, 0.25) is 5.02 Å². The van der Waals surface area contributed by atoms with Gasteiger partial charge in [-0.2, -0.15) is 4.98 Å². The molecule has 0 aliphatic heterocycles. The Morgan fingerprint density at radius 3 is 2.68 bits per heavy atom. The molecule has 2 aromatic heterocycles. The van der Waals surface area contributed by atoms with Gasteiger partial charge in [0.2, 0.25) is 11.7 Å². The van der Waals surface area contributed by atoms with Gasteiger partial charge >= 0.3 is 0 Å². The highest BCUT2D eigenvalue weighted by atomic mass is 35.5. The minimum Gasteiger partial charge on any atom is -0.484 e. The van der Waals surface area contributed by atoms with Crippen LogP contribution in [0.15, 0.2) is 62.7 Å². The van der Waals surface area contributed by atoms with Crippen molar-refractivity contribution in [1.82, 2.24) is 20.3 Å². The Morgan fingerprint density at radius 2 is 1.86 bits per heavy atom. The van der Waals surface area contributed by atoms with Crippen LogP contribution in [0.1, 0.15) is 17.3 Å². The van der Waals surface area contributed by atoms with Gasteiger partial charge in [0, 0.05) is 10.6 Å². The topological polar surface area (TPSA) is 87.1 Å². The molecule has 0 fully saturated rings. The van der Waals surface area contributed by atoms with E-state index in [0.29, 0.717) is 39.4 Å². The molecular weight excluding hydrogens is 400 g/mol. The first-order chi connectivity index (χ1) is 13.7. The highest BCUT2D eigenvalue weighted by molar-refractivity contribution is 7.98. The Labute approximate surface area is 170 Å². The van der Waals surface area contributed by atoms with Crippen LogP contribution in [0, 0.1) is 6.92 Å². The van der Waals surface area contributed by atoms with E-state index in [4.69, 9.17) is 25.3 Å². The van der Waals surface area contributed by atoms with Gasteiger partial charge in [0.05, 0.1) is 5.75 Å². The molecule has 0 radical (unpaired) electrons. The molecule has 0 saturated heterocycles.